The molecule has 0 spiro atoms. The molecule has 1 aliphatic rings. The maximum atomic E-state index is 5.39. The zero-order chi connectivity index (χ0) is 10.4. The molecule has 1 rings (SSSR count). The van der Waals surface area contributed by atoms with Gasteiger partial charge < -0.3 is 10.2 Å². The second-order valence-corrected chi connectivity index (χ2v) is 4.34. The highest BCUT2D eigenvalue weighted by Gasteiger charge is 2.22. The Morgan fingerprint density at radius 3 is 2.50 bits per heavy atom. The van der Waals surface area contributed by atoms with Crippen LogP contribution in [-0.4, -0.2) is 29.1 Å². The van der Waals surface area contributed by atoms with Crippen LogP contribution in [0, 0.1) is 0 Å². The molecule has 0 amide bonds. The van der Waals surface area contributed by atoms with E-state index >= 15 is 0 Å². The summed E-state index contributed by atoms with van der Waals surface area (Å²) in [4.78, 5) is 2.36. The summed E-state index contributed by atoms with van der Waals surface area (Å²) in [6.45, 7) is 6.40. The van der Waals surface area contributed by atoms with Crippen molar-refractivity contribution < 1.29 is 0 Å². The fraction of sp³-hybridized carbons (Fsp3) is 0.909. The second-order valence-electron chi connectivity index (χ2n) is 3.96. The molecule has 0 aromatic rings. The van der Waals surface area contributed by atoms with E-state index in [0.29, 0.717) is 6.04 Å². The van der Waals surface area contributed by atoms with Gasteiger partial charge in [0.2, 0.25) is 0 Å². The van der Waals surface area contributed by atoms with Crippen LogP contribution in [0.2, 0.25) is 0 Å². The molecule has 82 valence electrons. The maximum absolute atomic E-state index is 5.39. The van der Waals surface area contributed by atoms with Gasteiger partial charge in [0.15, 0.2) is 5.11 Å². The van der Waals surface area contributed by atoms with Crippen molar-refractivity contribution in [3.63, 3.8) is 0 Å². The summed E-state index contributed by atoms with van der Waals surface area (Å²) in [6.07, 6.45) is 6.53. The Bertz CT molecular complexity index is 176. The van der Waals surface area contributed by atoms with Gasteiger partial charge in [-0.1, -0.05) is 19.8 Å². The average molecular weight is 214 g/mol. The predicted octanol–water partition coefficient (Wildman–Crippen LogP) is 2.54. The largest absolute Gasteiger partial charge is 0.363 e. The lowest BCUT2D eigenvalue weighted by Crippen LogP contribution is -2.45. The van der Waals surface area contributed by atoms with Gasteiger partial charge in [0.05, 0.1) is 0 Å². The molecule has 1 N–H and O–H groups in total. The molecule has 1 saturated carbocycles. The van der Waals surface area contributed by atoms with E-state index in [4.69, 9.17) is 12.2 Å². The normalized spacial score (nSPS) is 17.0. The van der Waals surface area contributed by atoms with Gasteiger partial charge in [-0.25, -0.2) is 0 Å². The average Bonchev–Trinajstić information content (AvgIpc) is 2.69. The number of thiocarbonyl (C=S) groups is 1. The number of rotatable bonds is 4. The molecule has 0 saturated heterocycles. The third-order valence-corrected chi connectivity index (χ3v) is 3.27. The third-order valence-electron chi connectivity index (χ3n) is 2.89. The predicted molar refractivity (Wildman–Crippen MR) is 65.5 cm³/mol. The van der Waals surface area contributed by atoms with Crippen LogP contribution in [-0.2, 0) is 0 Å². The van der Waals surface area contributed by atoms with Crippen LogP contribution < -0.4 is 5.32 Å². The number of nitrogens with zero attached hydrogens (tertiary/aromatic N) is 1. The van der Waals surface area contributed by atoms with Gasteiger partial charge in [0.1, 0.15) is 0 Å². The van der Waals surface area contributed by atoms with E-state index in [9.17, 15) is 0 Å². The molecule has 0 unspecified atom stereocenters. The van der Waals surface area contributed by atoms with Crippen molar-refractivity contribution in [2.24, 2.45) is 0 Å². The van der Waals surface area contributed by atoms with E-state index in [1.165, 1.54) is 25.7 Å². The quantitative estimate of drug-likeness (QED) is 0.724. The van der Waals surface area contributed by atoms with Crippen LogP contribution in [0.5, 0.6) is 0 Å². The Labute approximate surface area is 93.1 Å². The van der Waals surface area contributed by atoms with Gasteiger partial charge in [0.25, 0.3) is 0 Å². The number of hydrogen-bond acceptors (Lipinski definition) is 1. The van der Waals surface area contributed by atoms with Crippen LogP contribution in [0.4, 0.5) is 0 Å². The Kier molecular flexibility index (Phi) is 5.23. The van der Waals surface area contributed by atoms with Crippen LogP contribution in [0.25, 0.3) is 0 Å². The molecule has 0 radical (unpaired) electrons. The molecule has 0 aromatic heterocycles. The first-order valence-corrected chi connectivity index (χ1v) is 6.24. The highest BCUT2D eigenvalue weighted by atomic mass is 32.1. The second kappa shape index (κ2) is 6.23. The highest BCUT2D eigenvalue weighted by Crippen LogP contribution is 2.23. The Balaban J connectivity index is 2.39. The van der Waals surface area contributed by atoms with Crippen molar-refractivity contribution in [2.75, 3.05) is 13.1 Å². The molecular formula is C11H22N2S. The van der Waals surface area contributed by atoms with Crippen molar-refractivity contribution in [3.8, 4) is 0 Å². The summed E-state index contributed by atoms with van der Waals surface area (Å²) in [5, 5.41) is 4.28. The first-order valence-electron chi connectivity index (χ1n) is 5.84. The summed E-state index contributed by atoms with van der Waals surface area (Å²) < 4.78 is 0. The SMILES string of the molecule is CCCNC(=S)N(CC)C1CCCC1. The lowest BCUT2D eigenvalue weighted by atomic mass is 10.2. The van der Waals surface area contributed by atoms with Crippen LogP contribution >= 0.6 is 12.2 Å². The fourth-order valence-electron chi connectivity index (χ4n) is 2.12. The molecule has 0 aromatic carbocycles. The van der Waals surface area contributed by atoms with E-state index in [-0.39, 0.29) is 0 Å². The minimum atomic E-state index is 0.705. The summed E-state index contributed by atoms with van der Waals surface area (Å²) in [5.41, 5.74) is 0. The smallest absolute Gasteiger partial charge is 0.169 e. The lowest BCUT2D eigenvalue weighted by Gasteiger charge is -2.30. The monoisotopic (exact) mass is 214 g/mol. The van der Waals surface area contributed by atoms with Crippen LogP contribution in [0.3, 0.4) is 0 Å². The van der Waals surface area contributed by atoms with E-state index in [1.54, 1.807) is 0 Å². The Hall–Kier alpha value is -0.310. The lowest BCUT2D eigenvalue weighted by molar-refractivity contribution is 0.324. The van der Waals surface area contributed by atoms with Gasteiger partial charge in [-0.15, -0.1) is 0 Å². The highest BCUT2D eigenvalue weighted by molar-refractivity contribution is 7.80. The van der Waals surface area contributed by atoms with E-state index < -0.39 is 0 Å². The molecule has 1 aliphatic carbocycles. The Morgan fingerprint density at radius 1 is 1.36 bits per heavy atom. The molecule has 2 nitrogen and oxygen atoms in total. The third kappa shape index (κ3) is 3.12. The summed E-state index contributed by atoms with van der Waals surface area (Å²) in [5.74, 6) is 0. The minimum Gasteiger partial charge on any atom is -0.363 e. The molecule has 14 heavy (non-hydrogen) atoms. The topological polar surface area (TPSA) is 15.3 Å². The molecular weight excluding hydrogens is 192 g/mol. The van der Waals surface area contributed by atoms with Crippen molar-refractivity contribution in [3.05, 3.63) is 0 Å². The summed E-state index contributed by atoms with van der Waals surface area (Å²) >= 11 is 5.39. The van der Waals surface area contributed by atoms with Crippen LogP contribution in [0.1, 0.15) is 46.0 Å². The standard InChI is InChI=1S/C11H22N2S/c1-3-9-12-11(14)13(4-2)10-7-5-6-8-10/h10H,3-9H2,1-2H3,(H,12,14). The van der Waals surface area contributed by atoms with E-state index in [1.807, 2.05) is 0 Å². The van der Waals surface area contributed by atoms with Gasteiger partial charge in [-0.05, 0) is 38.4 Å². The number of hydrogen-bond donors (Lipinski definition) is 1. The summed E-state index contributed by atoms with van der Waals surface area (Å²) in [7, 11) is 0. The van der Waals surface area contributed by atoms with Crippen LogP contribution in [0.15, 0.2) is 0 Å². The van der Waals surface area contributed by atoms with E-state index in [2.05, 4.69) is 24.1 Å². The van der Waals surface area contributed by atoms with E-state index in [0.717, 1.165) is 24.6 Å². The van der Waals surface area contributed by atoms with Gasteiger partial charge in [-0.2, -0.15) is 0 Å². The zero-order valence-electron chi connectivity index (χ0n) is 9.38. The van der Waals surface area contributed by atoms with Gasteiger partial charge in [0, 0.05) is 19.1 Å². The zero-order valence-corrected chi connectivity index (χ0v) is 10.2. The molecule has 1 fully saturated rings. The maximum Gasteiger partial charge on any atom is 0.169 e. The minimum absolute atomic E-state index is 0.705. The first-order chi connectivity index (χ1) is 6.79. The van der Waals surface area contributed by atoms with Crippen molar-refractivity contribution in [1.82, 2.24) is 10.2 Å². The van der Waals surface area contributed by atoms with Crippen molar-refractivity contribution in [1.29, 1.82) is 0 Å². The van der Waals surface area contributed by atoms with Gasteiger partial charge in [-0.3, -0.25) is 0 Å². The molecule has 0 aliphatic heterocycles. The Morgan fingerprint density at radius 2 is 2.00 bits per heavy atom. The first kappa shape index (κ1) is 11.8. The molecule has 0 heterocycles. The van der Waals surface area contributed by atoms with Gasteiger partial charge >= 0.3 is 0 Å². The van der Waals surface area contributed by atoms with Crippen molar-refractivity contribution in [2.45, 2.75) is 52.0 Å². The number of nitrogens with one attached hydrogen (secondary N) is 1. The molecule has 3 heteroatoms. The fourth-order valence-corrected chi connectivity index (χ4v) is 2.50. The molecule has 0 atom stereocenters. The molecule has 0 bridgehead atoms. The summed E-state index contributed by atoms with van der Waals surface area (Å²) in [6, 6.07) is 0.705. The van der Waals surface area contributed by atoms with Crippen molar-refractivity contribution >= 4 is 17.3 Å².